The molecule has 0 N–H and O–H groups in total. The molecule has 68 valence electrons. The van der Waals surface area contributed by atoms with E-state index in [0.29, 0.717) is 6.42 Å². The topological polar surface area (TPSA) is 52.6 Å². The summed E-state index contributed by atoms with van der Waals surface area (Å²) in [6.45, 7) is 4.96. The van der Waals surface area contributed by atoms with Crippen LogP contribution in [0.3, 0.4) is 0 Å². The largest absolute Gasteiger partial charge is 0.465 e. The highest BCUT2D eigenvalue weighted by Crippen LogP contribution is 1.90. The Labute approximate surface area is 71.2 Å². The summed E-state index contributed by atoms with van der Waals surface area (Å²) in [6.07, 6.45) is 1.43. The molecule has 0 aliphatic rings. The van der Waals surface area contributed by atoms with E-state index in [1.165, 1.54) is 0 Å². The molecule has 0 radical (unpaired) electrons. The van der Waals surface area contributed by atoms with Crippen LogP contribution in [-0.2, 0) is 19.1 Å². The summed E-state index contributed by atoms with van der Waals surface area (Å²) >= 11 is 0. The molecule has 0 spiro atoms. The fraction of sp³-hybridized carbons (Fsp3) is 0.500. The van der Waals surface area contributed by atoms with E-state index >= 15 is 0 Å². The van der Waals surface area contributed by atoms with Crippen LogP contribution in [0, 0.1) is 0 Å². The Morgan fingerprint density at radius 3 is 2.58 bits per heavy atom. The molecule has 0 aliphatic heterocycles. The molecular formula is C8H12O4. The summed E-state index contributed by atoms with van der Waals surface area (Å²) in [4.78, 5) is 21.2. The van der Waals surface area contributed by atoms with E-state index in [-0.39, 0.29) is 19.0 Å². The lowest BCUT2D eigenvalue weighted by Crippen LogP contribution is -2.09. The van der Waals surface area contributed by atoms with Crippen molar-refractivity contribution in [2.75, 3.05) is 6.61 Å². The first-order valence-electron chi connectivity index (χ1n) is 3.66. The molecule has 12 heavy (non-hydrogen) atoms. The summed E-state index contributed by atoms with van der Waals surface area (Å²) < 4.78 is 9.03. The van der Waals surface area contributed by atoms with E-state index in [1.807, 2.05) is 0 Å². The second kappa shape index (κ2) is 6.39. The zero-order valence-electron chi connectivity index (χ0n) is 7.04. The van der Waals surface area contributed by atoms with Gasteiger partial charge in [-0.25, -0.2) is 0 Å². The van der Waals surface area contributed by atoms with Crippen LogP contribution in [0.4, 0.5) is 0 Å². The van der Waals surface area contributed by atoms with Crippen molar-refractivity contribution in [3.63, 3.8) is 0 Å². The number of rotatable bonds is 5. The van der Waals surface area contributed by atoms with Gasteiger partial charge in [-0.2, -0.15) is 0 Å². The second-order valence-corrected chi connectivity index (χ2v) is 1.98. The molecule has 0 saturated carbocycles. The number of hydrogen-bond donors (Lipinski definition) is 0. The van der Waals surface area contributed by atoms with Crippen molar-refractivity contribution in [1.29, 1.82) is 0 Å². The third-order valence-corrected chi connectivity index (χ3v) is 1.07. The lowest BCUT2D eigenvalue weighted by molar-refractivity contribution is -0.146. The van der Waals surface area contributed by atoms with Gasteiger partial charge in [0.2, 0.25) is 0 Å². The Balaban J connectivity index is 3.36. The van der Waals surface area contributed by atoms with E-state index < -0.39 is 5.97 Å². The van der Waals surface area contributed by atoms with Crippen molar-refractivity contribution in [3.8, 4) is 0 Å². The molecule has 0 rings (SSSR count). The SMILES string of the molecule is C=COC(=O)CCOC(=O)CC. The van der Waals surface area contributed by atoms with Crippen LogP contribution in [0.2, 0.25) is 0 Å². The first kappa shape index (κ1) is 10.7. The number of ether oxygens (including phenoxy) is 2. The minimum Gasteiger partial charge on any atom is -0.465 e. The molecule has 4 nitrogen and oxygen atoms in total. The van der Waals surface area contributed by atoms with Crippen molar-refractivity contribution < 1.29 is 19.1 Å². The predicted molar refractivity (Wildman–Crippen MR) is 42.2 cm³/mol. The average molecular weight is 172 g/mol. The van der Waals surface area contributed by atoms with Crippen LogP contribution in [0.1, 0.15) is 19.8 Å². The summed E-state index contributed by atoms with van der Waals surface area (Å²) in [6, 6.07) is 0. The second-order valence-electron chi connectivity index (χ2n) is 1.98. The van der Waals surface area contributed by atoms with Crippen LogP contribution in [0.5, 0.6) is 0 Å². The highest BCUT2D eigenvalue weighted by molar-refractivity contribution is 5.71. The molecule has 0 bridgehead atoms. The summed E-state index contributed by atoms with van der Waals surface area (Å²) in [7, 11) is 0. The summed E-state index contributed by atoms with van der Waals surface area (Å²) in [5, 5.41) is 0. The van der Waals surface area contributed by atoms with Crippen molar-refractivity contribution in [1.82, 2.24) is 0 Å². The van der Waals surface area contributed by atoms with Gasteiger partial charge in [0.25, 0.3) is 0 Å². The van der Waals surface area contributed by atoms with Gasteiger partial charge in [0.15, 0.2) is 0 Å². The molecule has 0 aromatic carbocycles. The van der Waals surface area contributed by atoms with E-state index in [1.54, 1.807) is 6.92 Å². The highest BCUT2D eigenvalue weighted by Gasteiger charge is 2.03. The van der Waals surface area contributed by atoms with E-state index in [9.17, 15) is 9.59 Å². The molecule has 0 saturated heterocycles. The van der Waals surface area contributed by atoms with E-state index in [2.05, 4.69) is 16.1 Å². The molecule has 0 atom stereocenters. The van der Waals surface area contributed by atoms with E-state index in [0.717, 1.165) is 6.26 Å². The number of carbonyl (C=O) groups excluding carboxylic acids is 2. The van der Waals surface area contributed by atoms with Gasteiger partial charge in [-0.15, -0.1) is 0 Å². The van der Waals surface area contributed by atoms with Crippen molar-refractivity contribution in [2.45, 2.75) is 19.8 Å². The Morgan fingerprint density at radius 1 is 1.42 bits per heavy atom. The Kier molecular flexibility index (Phi) is 5.69. The Morgan fingerprint density at radius 2 is 2.08 bits per heavy atom. The van der Waals surface area contributed by atoms with Gasteiger partial charge in [0.05, 0.1) is 12.7 Å². The standard InChI is InChI=1S/C8H12O4/c1-3-7(9)12-6-5-8(10)11-4-2/h4H,2-3,5-6H2,1H3. The summed E-state index contributed by atoms with van der Waals surface area (Å²) in [5.74, 6) is -0.768. The lowest BCUT2D eigenvalue weighted by atomic mass is 10.4. The quantitative estimate of drug-likeness (QED) is 0.459. The van der Waals surface area contributed by atoms with Gasteiger partial charge >= 0.3 is 11.9 Å². The first-order valence-corrected chi connectivity index (χ1v) is 3.66. The number of esters is 2. The maximum absolute atomic E-state index is 10.6. The maximum Gasteiger partial charge on any atom is 0.314 e. The fourth-order valence-electron chi connectivity index (χ4n) is 0.502. The first-order chi connectivity index (χ1) is 5.70. The van der Waals surface area contributed by atoms with Crippen LogP contribution >= 0.6 is 0 Å². The van der Waals surface area contributed by atoms with Crippen LogP contribution in [0.15, 0.2) is 12.8 Å². The van der Waals surface area contributed by atoms with Gasteiger partial charge in [-0.3, -0.25) is 9.59 Å². The normalized spacial score (nSPS) is 8.75. The molecule has 0 aliphatic carbocycles. The van der Waals surface area contributed by atoms with Gasteiger partial charge in [-0.1, -0.05) is 13.5 Å². The third-order valence-electron chi connectivity index (χ3n) is 1.07. The zero-order valence-corrected chi connectivity index (χ0v) is 7.04. The fourth-order valence-corrected chi connectivity index (χ4v) is 0.502. The zero-order chi connectivity index (χ0) is 9.40. The molecular weight excluding hydrogens is 160 g/mol. The Hall–Kier alpha value is -1.32. The molecule has 0 aromatic heterocycles. The minimum absolute atomic E-state index is 0.0672. The summed E-state index contributed by atoms with van der Waals surface area (Å²) in [5.41, 5.74) is 0. The molecule has 0 aromatic rings. The Bertz CT molecular complexity index is 174. The monoisotopic (exact) mass is 172 g/mol. The van der Waals surface area contributed by atoms with Crippen LogP contribution < -0.4 is 0 Å². The average Bonchev–Trinajstić information content (AvgIpc) is 2.04. The van der Waals surface area contributed by atoms with Gasteiger partial charge in [-0.05, 0) is 0 Å². The van der Waals surface area contributed by atoms with Gasteiger partial charge < -0.3 is 9.47 Å². The molecule has 0 unspecified atom stereocenters. The van der Waals surface area contributed by atoms with Crippen LogP contribution in [0.25, 0.3) is 0 Å². The number of carbonyl (C=O) groups is 2. The molecule has 4 heteroatoms. The predicted octanol–water partition coefficient (Wildman–Crippen LogP) is 1.02. The van der Waals surface area contributed by atoms with Gasteiger partial charge in [0, 0.05) is 6.42 Å². The van der Waals surface area contributed by atoms with Crippen molar-refractivity contribution in [3.05, 3.63) is 12.8 Å². The minimum atomic E-state index is -0.450. The molecule has 0 fully saturated rings. The van der Waals surface area contributed by atoms with Crippen molar-refractivity contribution >= 4 is 11.9 Å². The highest BCUT2D eigenvalue weighted by atomic mass is 16.5. The smallest absolute Gasteiger partial charge is 0.314 e. The lowest BCUT2D eigenvalue weighted by Gasteiger charge is -2.00. The maximum atomic E-state index is 10.6. The molecule has 0 amide bonds. The van der Waals surface area contributed by atoms with Gasteiger partial charge in [0.1, 0.15) is 6.61 Å². The number of hydrogen-bond acceptors (Lipinski definition) is 4. The third kappa shape index (κ3) is 5.46. The van der Waals surface area contributed by atoms with Crippen molar-refractivity contribution in [2.24, 2.45) is 0 Å². The van der Waals surface area contributed by atoms with Crippen LogP contribution in [-0.4, -0.2) is 18.5 Å². The molecule has 0 heterocycles. The van der Waals surface area contributed by atoms with E-state index in [4.69, 9.17) is 0 Å².